The third kappa shape index (κ3) is 3.75. The molecule has 1 amide bonds. The van der Waals surface area contributed by atoms with Crippen LogP contribution < -0.4 is 10.2 Å². The second kappa shape index (κ2) is 7.19. The highest BCUT2D eigenvalue weighted by Crippen LogP contribution is 2.19. The number of nitrogens with zero attached hydrogens (tertiary/aromatic N) is 1. The molecule has 0 unspecified atom stereocenters. The predicted molar refractivity (Wildman–Crippen MR) is 95.7 cm³/mol. The number of hydrogen-bond acceptors (Lipinski definition) is 3. The number of hydrazone groups is 1. The highest BCUT2D eigenvalue weighted by atomic mass is 35.5. The number of para-hydroxylation sites is 1. The van der Waals surface area contributed by atoms with Crippen LogP contribution in [0.25, 0.3) is 10.9 Å². The number of aromatic nitrogens is 1. The number of carbonyl (C=O) groups is 1. The molecule has 1 aromatic heterocycles. The van der Waals surface area contributed by atoms with E-state index in [1.165, 1.54) is 0 Å². The minimum Gasteiger partial charge on any atom is -0.484 e. The first-order chi connectivity index (χ1) is 11.6. The molecule has 0 saturated heterocycles. The molecule has 0 atom stereocenters. The number of hydrogen-bond donors (Lipinski definition) is 2. The van der Waals surface area contributed by atoms with Gasteiger partial charge in [0.25, 0.3) is 5.91 Å². The number of H-pyrrole nitrogens is 1. The Bertz CT molecular complexity index is 885. The molecule has 5 nitrogen and oxygen atoms in total. The number of nitrogens with one attached hydrogen (secondary N) is 2. The molecule has 1 heterocycles. The van der Waals surface area contributed by atoms with Crippen molar-refractivity contribution in [2.75, 3.05) is 6.61 Å². The maximum Gasteiger partial charge on any atom is 0.277 e. The van der Waals surface area contributed by atoms with Crippen LogP contribution >= 0.6 is 11.6 Å². The zero-order chi connectivity index (χ0) is 16.9. The molecule has 0 fully saturated rings. The van der Waals surface area contributed by atoms with Gasteiger partial charge in [0.2, 0.25) is 0 Å². The van der Waals surface area contributed by atoms with E-state index in [4.69, 9.17) is 16.3 Å². The number of ether oxygens (including phenoxy) is 1. The number of aromatic amines is 1. The summed E-state index contributed by atoms with van der Waals surface area (Å²) in [6.07, 6.45) is 1.63. The van der Waals surface area contributed by atoms with Crippen molar-refractivity contribution in [1.82, 2.24) is 10.4 Å². The number of carbonyl (C=O) groups excluding carboxylic acids is 1. The molecule has 24 heavy (non-hydrogen) atoms. The van der Waals surface area contributed by atoms with Crippen molar-refractivity contribution in [3.05, 3.63) is 64.8 Å². The molecule has 3 aromatic rings. The molecule has 0 bridgehead atoms. The number of benzene rings is 2. The monoisotopic (exact) mass is 341 g/mol. The highest BCUT2D eigenvalue weighted by molar-refractivity contribution is 6.30. The Hall–Kier alpha value is -2.79. The molecule has 3 rings (SSSR count). The minimum absolute atomic E-state index is 0.119. The summed E-state index contributed by atoms with van der Waals surface area (Å²) in [5.41, 5.74) is 5.44. The summed E-state index contributed by atoms with van der Waals surface area (Å²) in [7, 11) is 0. The van der Waals surface area contributed by atoms with E-state index >= 15 is 0 Å². The van der Waals surface area contributed by atoms with Crippen LogP contribution in [0.1, 0.15) is 11.3 Å². The van der Waals surface area contributed by atoms with Crippen LogP contribution in [-0.2, 0) is 4.79 Å². The number of amides is 1. The first-order valence-electron chi connectivity index (χ1n) is 7.41. The van der Waals surface area contributed by atoms with Gasteiger partial charge in [-0.25, -0.2) is 5.43 Å². The van der Waals surface area contributed by atoms with Crippen LogP contribution in [0.4, 0.5) is 0 Å². The fraction of sp³-hybridized carbons (Fsp3) is 0.111. The zero-order valence-electron chi connectivity index (χ0n) is 13.0. The van der Waals surface area contributed by atoms with E-state index in [1.54, 1.807) is 30.5 Å². The quantitative estimate of drug-likeness (QED) is 0.549. The van der Waals surface area contributed by atoms with Crippen molar-refractivity contribution < 1.29 is 9.53 Å². The summed E-state index contributed by atoms with van der Waals surface area (Å²) in [5, 5.41) is 5.68. The van der Waals surface area contributed by atoms with Crippen LogP contribution in [0, 0.1) is 6.92 Å². The minimum atomic E-state index is -0.335. The zero-order valence-corrected chi connectivity index (χ0v) is 13.8. The van der Waals surface area contributed by atoms with Crippen LogP contribution in [0.3, 0.4) is 0 Å². The van der Waals surface area contributed by atoms with Crippen LogP contribution in [-0.4, -0.2) is 23.7 Å². The summed E-state index contributed by atoms with van der Waals surface area (Å²) >= 11 is 5.79. The third-order valence-corrected chi connectivity index (χ3v) is 3.76. The summed E-state index contributed by atoms with van der Waals surface area (Å²) in [5.74, 6) is 0.240. The molecule has 2 N–H and O–H groups in total. The molecule has 122 valence electrons. The van der Waals surface area contributed by atoms with Crippen molar-refractivity contribution in [3.8, 4) is 5.75 Å². The average molecular weight is 342 g/mol. The number of rotatable bonds is 5. The van der Waals surface area contributed by atoms with E-state index < -0.39 is 0 Å². The van der Waals surface area contributed by atoms with Gasteiger partial charge in [-0.05, 0) is 37.3 Å². The molecule has 0 saturated carbocycles. The molecule has 0 aliphatic rings. The van der Waals surface area contributed by atoms with E-state index in [-0.39, 0.29) is 12.5 Å². The Morgan fingerprint density at radius 2 is 2.00 bits per heavy atom. The smallest absolute Gasteiger partial charge is 0.277 e. The van der Waals surface area contributed by atoms with Gasteiger partial charge < -0.3 is 9.72 Å². The molecular formula is C18H16ClN3O2. The number of fused-ring (bicyclic) bond motifs is 1. The van der Waals surface area contributed by atoms with E-state index in [1.807, 2.05) is 31.2 Å². The van der Waals surface area contributed by atoms with Crippen LogP contribution in [0.2, 0.25) is 5.02 Å². The van der Waals surface area contributed by atoms with Gasteiger partial charge in [0.05, 0.1) is 6.21 Å². The topological polar surface area (TPSA) is 66.5 Å². The molecule has 6 heteroatoms. The van der Waals surface area contributed by atoms with Gasteiger partial charge in [-0.1, -0.05) is 29.8 Å². The lowest BCUT2D eigenvalue weighted by molar-refractivity contribution is -0.123. The van der Waals surface area contributed by atoms with Gasteiger partial charge >= 0.3 is 0 Å². The Kier molecular flexibility index (Phi) is 4.82. The fourth-order valence-corrected chi connectivity index (χ4v) is 2.47. The molecule has 0 spiro atoms. The summed E-state index contributed by atoms with van der Waals surface area (Å²) in [4.78, 5) is 15.1. The van der Waals surface area contributed by atoms with Gasteiger partial charge in [-0.3, -0.25) is 4.79 Å². The lowest BCUT2D eigenvalue weighted by Crippen LogP contribution is -2.24. The summed E-state index contributed by atoms with van der Waals surface area (Å²) < 4.78 is 5.35. The lowest BCUT2D eigenvalue weighted by atomic mass is 10.1. The second-order valence-electron chi connectivity index (χ2n) is 5.25. The lowest BCUT2D eigenvalue weighted by Gasteiger charge is -2.04. The molecular weight excluding hydrogens is 326 g/mol. The van der Waals surface area contributed by atoms with Crippen LogP contribution in [0.15, 0.2) is 53.6 Å². The SMILES string of the molecule is Cc1[nH]c2ccccc2c1C=NNC(=O)COc1ccc(Cl)cc1. The molecule has 2 aromatic carbocycles. The number of aryl methyl sites for hydroxylation is 1. The Labute approximate surface area is 144 Å². The van der Waals surface area contributed by atoms with Crippen molar-refractivity contribution in [1.29, 1.82) is 0 Å². The van der Waals surface area contributed by atoms with E-state index in [0.717, 1.165) is 22.2 Å². The Morgan fingerprint density at radius 3 is 2.79 bits per heavy atom. The summed E-state index contributed by atoms with van der Waals surface area (Å²) in [6.45, 7) is 1.85. The number of halogens is 1. The van der Waals surface area contributed by atoms with Crippen molar-refractivity contribution >= 4 is 34.6 Å². The largest absolute Gasteiger partial charge is 0.484 e. The van der Waals surface area contributed by atoms with Gasteiger partial charge in [-0.2, -0.15) is 5.10 Å². The molecule has 0 aliphatic carbocycles. The second-order valence-corrected chi connectivity index (χ2v) is 5.68. The summed E-state index contributed by atoms with van der Waals surface area (Å²) in [6, 6.07) is 14.7. The highest BCUT2D eigenvalue weighted by Gasteiger charge is 2.06. The maximum absolute atomic E-state index is 11.8. The van der Waals surface area contributed by atoms with E-state index in [2.05, 4.69) is 15.5 Å². The van der Waals surface area contributed by atoms with Crippen molar-refractivity contribution in [2.45, 2.75) is 6.92 Å². The van der Waals surface area contributed by atoms with Crippen LogP contribution in [0.5, 0.6) is 5.75 Å². The van der Waals surface area contributed by atoms with E-state index in [9.17, 15) is 4.79 Å². The Morgan fingerprint density at radius 1 is 1.25 bits per heavy atom. The van der Waals surface area contributed by atoms with Gasteiger partial charge in [-0.15, -0.1) is 0 Å². The molecule has 0 radical (unpaired) electrons. The Balaban J connectivity index is 1.58. The van der Waals surface area contributed by atoms with Gasteiger partial charge in [0, 0.05) is 27.2 Å². The van der Waals surface area contributed by atoms with E-state index in [0.29, 0.717) is 10.8 Å². The van der Waals surface area contributed by atoms with Gasteiger partial charge in [0.1, 0.15) is 5.75 Å². The predicted octanol–water partition coefficient (Wildman–Crippen LogP) is 3.66. The fourth-order valence-electron chi connectivity index (χ4n) is 2.35. The molecule has 0 aliphatic heterocycles. The normalized spacial score (nSPS) is 11.1. The first kappa shape index (κ1) is 16.1. The third-order valence-electron chi connectivity index (χ3n) is 3.51. The maximum atomic E-state index is 11.8. The first-order valence-corrected chi connectivity index (χ1v) is 7.79. The standard InChI is InChI=1S/C18H16ClN3O2/c1-12-16(15-4-2-3-5-17(15)21-12)10-20-22-18(23)11-24-14-8-6-13(19)7-9-14/h2-10,21H,11H2,1H3,(H,22,23). The average Bonchev–Trinajstić information content (AvgIpc) is 2.90. The van der Waals surface area contributed by atoms with Crippen molar-refractivity contribution in [2.24, 2.45) is 5.10 Å². The van der Waals surface area contributed by atoms with Gasteiger partial charge in [0.15, 0.2) is 6.61 Å². The van der Waals surface area contributed by atoms with Crippen molar-refractivity contribution in [3.63, 3.8) is 0 Å².